The molecule has 0 aliphatic heterocycles. The van der Waals surface area contributed by atoms with Crippen LogP contribution in [-0.4, -0.2) is 27.5 Å². The number of rotatable bonds is 6. The highest BCUT2D eigenvalue weighted by atomic mass is 35.5. The van der Waals surface area contributed by atoms with E-state index >= 15 is 0 Å². The number of nitrogens with zero attached hydrogens (tertiary/aromatic N) is 2. The second kappa shape index (κ2) is 6.66. The van der Waals surface area contributed by atoms with Crippen molar-refractivity contribution < 1.29 is 4.74 Å². The lowest BCUT2D eigenvalue weighted by Crippen LogP contribution is -2.00. The van der Waals surface area contributed by atoms with E-state index in [4.69, 9.17) is 16.3 Å². The molecule has 0 radical (unpaired) electrons. The van der Waals surface area contributed by atoms with Crippen molar-refractivity contribution in [3.63, 3.8) is 0 Å². The Hall–Kier alpha value is -1.20. The molecule has 4 nitrogen and oxygen atoms in total. The van der Waals surface area contributed by atoms with E-state index in [0.717, 1.165) is 28.9 Å². The van der Waals surface area contributed by atoms with Crippen LogP contribution >= 0.6 is 23.4 Å². The van der Waals surface area contributed by atoms with E-state index in [1.54, 1.807) is 11.8 Å². The van der Waals surface area contributed by atoms with Crippen LogP contribution in [0.3, 0.4) is 0 Å². The molecule has 0 fully saturated rings. The number of aromatic nitrogens is 3. The lowest BCUT2D eigenvalue weighted by atomic mass is 10.3. The molecule has 2 aromatic rings. The van der Waals surface area contributed by atoms with Gasteiger partial charge in [0, 0.05) is 17.2 Å². The largest absolute Gasteiger partial charge is 0.493 e. The molecule has 1 aromatic heterocycles. The van der Waals surface area contributed by atoms with Gasteiger partial charge in [-0.05, 0) is 24.3 Å². The zero-order valence-corrected chi connectivity index (χ0v) is 11.6. The van der Waals surface area contributed by atoms with Gasteiger partial charge in [-0.25, -0.2) is 4.98 Å². The third-order valence-corrected chi connectivity index (χ3v) is 3.31. The summed E-state index contributed by atoms with van der Waals surface area (Å²) >= 11 is 7.36. The fourth-order valence-corrected chi connectivity index (χ4v) is 2.08. The van der Waals surface area contributed by atoms with Gasteiger partial charge in [0.25, 0.3) is 0 Å². The van der Waals surface area contributed by atoms with Gasteiger partial charge >= 0.3 is 0 Å². The summed E-state index contributed by atoms with van der Waals surface area (Å²) in [4.78, 5) is 4.31. The molecule has 1 aromatic carbocycles. The maximum atomic E-state index is 5.79. The molecular formula is C12H14ClN3OS. The molecule has 0 saturated carbocycles. The molecule has 0 bridgehead atoms. The van der Waals surface area contributed by atoms with E-state index in [0.29, 0.717) is 11.6 Å². The monoisotopic (exact) mass is 283 g/mol. The van der Waals surface area contributed by atoms with Gasteiger partial charge in [-0.15, -0.1) is 5.10 Å². The van der Waals surface area contributed by atoms with Gasteiger partial charge in [0.1, 0.15) is 11.6 Å². The smallest absolute Gasteiger partial charge is 0.208 e. The van der Waals surface area contributed by atoms with E-state index in [1.807, 2.05) is 31.2 Å². The standard InChI is InChI=1S/C12H14ClN3OS/c1-2-11-14-12(16-15-11)18-8-7-17-10-5-3-9(13)4-6-10/h3-6H,2,7-8H2,1H3,(H,14,15,16). The Morgan fingerprint density at radius 3 is 2.78 bits per heavy atom. The molecule has 0 unspecified atom stereocenters. The van der Waals surface area contributed by atoms with Crippen LogP contribution in [0.15, 0.2) is 29.4 Å². The van der Waals surface area contributed by atoms with Crippen LogP contribution in [0.1, 0.15) is 12.7 Å². The first-order valence-corrected chi connectivity index (χ1v) is 7.06. The predicted molar refractivity (Wildman–Crippen MR) is 73.4 cm³/mol. The number of aryl methyl sites for hydroxylation is 1. The molecule has 0 aliphatic rings. The Labute approximate surface area is 115 Å². The molecule has 96 valence electrons. The minimum absolute atomic E-state index is 0.613. The molecule has 6 heteroatoms. The third-order valence-electron chi connectivity index (χ3n) is 2.24. The molecule has 0 saturated heterocycles. The van der Waals surface area contributed by atoms with Crippen molar-refractivity contribution in [3.8, 4) is 5.75 Å². The molecule has 18 heavy (non-hydrogen) atoms. The predicted octanol–water partition coefficient (Wildman–Crippen LogP) is 3.19. The first-order valence-electron chi connectivity index (χ1n) is 5.70. The zero-order valence-electron chi connectivity index (χ0n) is 10.0. The average Bonchev–Trinajstić information content (AvgIpc) is 2.85. The molecule has 0 spiro atoms. The number of hydrogen-bond acceptors (Lipinski definition) is 4. The van der Waals surface area contributed by atoms with Crippen molar-refractivity contribution in [3.05, 3.63) is 35.1 Å². The molecular weight excluding hydrogens is 270 g/mol. The topological polar surface area (TPSA) is 50.8 Å². The summed E-state index contributed by atoms with van der Waals surface area (Å²) in [6.45, 7) is 2.65. The van der Waals surface area contributed by atoms with Crippen LogP contribution in [0.5, 0.6) is 5.75 Å². The number of H-pyrrole nitrogens is 1. The van der Waals surface area contributed by atoms with Crippen molar-refractivity contribution >= 4 is 23.4 Å². The normalized spacial score (nSPS) is 10.6. The Morgan fingerprint density at radius 1 is 1.33 bits per heavy atom. The SMILES string of the molecule is CCc1nc(SCCOc2ccc(Cl)cc2)n[nH]1. The summed E-state index contributed by atoms with van der Waals surface area (Å²) < 4.78 is 5.57. The molecule has 1 N–H and O–H groups in total. The highest BCUT2D eigenvalue weighted by Crippen LogP contribution is 2.17. The number of nitrogens with one attached hydrogen (secondary N) is 1. The van der Waals surface area contributed by atoms with Crippen LogP contribution < -0.4 is 4.74 Å². The lowest BCUT2D eigenvalue weighted by Gasteiger charge is -2.04. The first-order chi connectivity index (χ1) is 8.78. The summed E-state index contributed by atoms with van der Waals surface area (Å²) in [6, 6.07) is 7.34. The summed E-state index contributed by atoms with van der Waals surface area (Å²) in [7, 11) is 0. The maximum absolute atomic E-state index is 5.79. The van der Waals surface area contributed by atoms with Crippen LogP contribution in [0.25, 0.3) is 0 Å². The average molecular weight is 284 g/mol. The minimum atomic E-state index is 0.613. The Balaban J connectivity index is 1.71. The van der Waals surface area contributed by atoms with Crippen molar-refractivity contribution in [1.82, 2.24) is 15.2 Å². The van der Waals surface area contributed by atoms with E-state index < -0.39 is 0 Å². The number of aromatic amines is 1. The van der Waals surface area contributed by atoms with Crippen LogP contribution in [0, 0.1) is 0 Å². The van der Waals surface area contributed by atoms with Crippen molar-refractivity contribution in [2.75, 3.05) is 12.4 Å². The van der Waals surface area contributed by atoms with Gasteiger partial charge in [0.15, 0.2) is 0 Å². The number of benzene rings is 1. The number of hydrogen-bond donors (Lipinski definition) is 1. The van der Waals surface area contributed by atoms with Crippen molar-refractivity contribution in [2.45, 2.75) is 18.5 Å². The Morgan fingerprint density at radius 2 is 2.11 bits per heavy atom. The Kier molecular flexibility index (Phi) is 4.90. The van der Waals surface area contributed by atoms with Gasteiger partial charge < -0.3 is 4.74 Å². The van der Waals surface area contributed by atoms with Crippen LogP contribution in [-0.2, 0) is 6.42 Å². The molecule has 0 atom stereocenters. The van der Waals surface area contributed by atoms with Crippen molar-refractivity contribution in [1.29, 1.82) is 0 Å². The number of thioether (sulfide) groups is 1. The molecule has 1 heterocycles. The zero-order chi connectivity index (χ0) is 12.8. The molecule has 0 amide bonds. The van der Waals surface area contributed by atoms with E-state index in [9.17, 15) is 0 Å². The Bertz CT molecular complexity index is 486. The van der Waals surface area contributed by atoms with Crippen LogP contribution in [0.2, 0.25) is 5.02 Å². The quantitative estimate of drug-likeness (QED) is 0.653. The van der Waals surface area contributed by atoms with E-state index in [2.05, 4.69) is 15.2 Å². The summed E-state index contributed by atoms with van der Waals surface area (Å²) in [6.07, 6.45) is 0.870. The second-order valence-corrected chi connectivity index (χ2v) is 5.07. The maximum Gasteiger partial charge on any atom is 0.208 e. The molecule has 0 aliphatic carbocycles. The van der Waals surface area contributed by atoms with Gasteiger partial charge in [-0.2, -0.15) is 0 Å². The van der Waals surface area contributed by atoms with Gasteiger partial charge in [-0.3, -0.25) is 5.10 Å². The molecule has 2 rings (SSSR count). The van der Waals surface area contributed by atoms with Crippen LogP contribution in [0.4, 0.5) is 0 Å². The number of ether oxygens (including phenoxy) is 1. The van der Waals surface area contributed by atoms with Gasteiger partial charge in [0.2, 0.25) is 5.16 Å². The first kappa shape index (κ1) is 13.2. The second-order valence-electron chi connectivity index (χ2n) is 3.57. The fourth-order valence-electron chi connectivity index (χ4n) is 1.32. The van der Waals surface area contributed by atoms with Gasteiger partial charge in [-0.1, -0.05) is 30.3 Å². The highest BCUT2D eigenvalue weighted by Gasteiger charge is 2.02. The summed E-state index contributed by atoms with van der Waals surface area (Å²) in [5.41, 5.74) is 0. The third kappa shape index (κ3) is 3.92. The minimum Gasteiger partial charge on any atom is -0.493 e. The summed E-state index contributed by atoms with van der Waals surface area (Å²) in [5, 5.41) is 8.46. The van der Waals surface area contributed by atoms with Gasteiger partial charge in [0.05, 0.1) is 6.61 Å². The van der Waals surface area contributed by atoms with E-state index in [-0.39, 0.29) is 0 Å². The highest BCUT2D eigenvalue weighted by molar-refractivity contribution is 7.99. The van der Waals surface area contributed by atoms with Crippen molar-refractivity contribution in [2.24, 2.45) is 0 Å². The van der Waals surface area contributed by atoms with E-state index in [1.165, 1.54) is 0 Å². The lowest BCUT2D eigenvalue weighted by molar-refractivity contribution is 0.344. The number of halogens is 1. The fraction of sp³-hybridized carbons (Fsp3) is 0.333. The summed E-state index contributed by atoms with van der Waals surface area (Å²) in [5.74, 6) is 2.55.